The van der Waals surface area contributed by atoms with E-state index < -0.39 is 17.8 Å². The number of hydrogen-bond acceptors (Lipinski definition) is 3. The number of likely N-dealkylation sites (tertiary alicyclic amines) is 1. The Balaban J connectivity index is 1.80. The molecular formula is C15H23NO4. The highest BCUT2D eigenvalue weighted by molar-refractivity contribution is 5.87. The predicted octanol–water partition coefficient (Wildman–Crippen LogP) is 1.66. The van der Waals surface area contributed by atoms with Crippen LogP contribution in [0.4, 0.5) is 0 Å². The topological polar surface area (TPSA) is 66.8 Å². The third kappa shape index (κ3) is 2.12. The maximum absolute atomic E-state index is 12.9. The normalized spacial score (nSPS) is 40.0. The third-order valence-corrected chi connectivity index (χ3v) is 5.23. The first-order valence-corrected chi connectivity index (χ1v) is 7.82. The molecule has 0 spiro atoms. The summed E-state index contributed by atoms with van der Waals surface area (Å²) in [7, 11) is 0. The van der Waals surface area contributed by atoms with Crippen molar-refractivity contribution in [2.24, 2.45) is 11.8 Å². The van der Waals surface area contributed by atoms with Crippen LogP contribution in [-0.2, 0) is 14.3 Å². The van der Waals surface area contributed by atoms with Gasteiger partial charge in [-0.05, 0) is 38.5 Å². The van der Waals surface area contributed by atoms with E-state index in [1.807, 2.05) is 4.90 Å². The lowest BCUT2D eigenvalue weighted by Gasteiger charge is -2.38. The third-order valence-electron chi connectivity index (χ3n) is 5.23. The molecule has 0 aromatic carbocycles. The molecule has 112 valence electrons. The summed E-state index contributed by atoms with van der Waals surface area (Å²) in [6.45, 7) is 2.87. The van der Waals surface area contributed by atoms with Crippen molar-refractivity contribution in [3.63, 3.8) is 0 Å². The summed E-state index contributed by atoms with van der Waals surface area (Å²) in [5.74, 6) is -1.95. The molecule has 0 saturated carbocycles. The van der Waals surface area contributed by atoms with Gasteiger partial charge in [0, 0.05) is 12.6 Å². The van der Waals surface area contributed by atoms with E-state index in [-0.39, 0.29) is 24.2 Å². The van der Waals surface area contributed by atoms with Gasteiger partial charge in [0.25, 0.3) is 0 Å². The highest BCUT2D eigenvalue weighted by Crippen LogP contribution is 2.45. The summed E-state index contributed by atoms with van der Waals surface area (Å²) in [6.07, 6.45) is 5.37. The molecule has 3 heterocycles. The van der Waals surface area contributed by atoms with E-state index in [0.717, 1.165) is 45.1 Å². The van der Waals surface area contributed by atoms with Crippen molar-refractivity contribution in [2.75, 3.05) is 6.54 Å². The molecular weight excluding hydrogens is 258 g/mol. The van der Waals surface area contributed by atoms with E-state index in [1.54, 1.807) is 0 Å². The van der Waals surface area contributed by atoms with Gasteiger partial charge in [0.15, 0.2) is 0 Å². The number of carboxylic acids is 1. The van der Waals surface area contributed by atoms with Crippen molar-refractivity contribution in [1.29, 1.82) is 0 Å². The van der Waals surface area contributed by atoms with Crippen LogP contribution in [0.25, 0.3) is 0 Å². The van der Waals surface area contributed by atoms with E-state index in [2.05, 4.69) is 6.92 Å². The second-order valence-corrected chi connectivity index (χ2v) is 6.27. The number of rotatable bonds is 3. The fourth-order valence-corrected chi connectivity index (χ4v) is 4.21. The number of ether oxygens (including phenoxy) is 1. The quantitative estimate of drug-likeness (QED) is 0.854. The minimum Gasteiger partial charge on any atom is -0.481 e. The van der Waals surface area contributed by atoms with E-state index in [9.17, 15) is 14.7 Å². The van der Waals surface area contributed by atoms with Crippen LogP contribution in [0.2, 0.25) is 0 Å². The summed E-state index contributed by atoms with van der Waals surface area (Å²) in [6, 6.07) is 0.282. The lowest BCUT2D eigenvalue weighted by atomic mass is 9.78. The smallest absolute Gasteiger partial charge is 0.310 e. The zero-order valence-electron chi connectivity index (χ0n) is 12.0. The molecule has 0 aromatic rings. The molecule has 2 bridgehead atoms. The molecule has 3 aliphatic heterocycles. The van der Waals surface area contributed by atoms with E-state index in [4.69, 9.17) is 4.74 Å². The summed E-state index contributed by atoms with van der Waals surface area (Å²) in [4.78, 5) is 26.3. The lowest BCUT2D eigenvalue weighted by Crippen LogP contribution is -2.51. The zero-order chi connectivity index (χ0) is 14.3. The average molecular weight is 281 g/mol. The van der Waals surface area contributed by atoms with Gasteiger partial charge in [-0.15, -0.1) is 0 Å². The molecule has 3 rings (SSSR count). The number of aliphatic carboxylic acids is 1. The Hall–Kier alpha value is -1.10. The summed E-state index contributed by atoms with van der Waals surface area (Å²) in [5, 5.41) is 9.43. The van der Waals surface area contributed by atoms with Crippen molar-refractivity contribution >= 4 is 11.9 Å². The number of carbonyl (C=O) groups is 2. The van der Waals surface area contributed by atoms with Crippen LogP contribution in [0, 0.1) is 11.8 Å². The second-order valence-electron chi connectivity index (χ2n) is 6.27. The zero-order valence-corrected chi connectivity index (χ0v) is 12.0. The molecule has 3 fully saturated rings. The van der Waals surface area contributed by atoms with Gasteiger partial charge >= 0.3 is 5.97 Å². The minimum absolute atomic E-state index is 0.0242. The van der Waals surface area contributed by atoms with Crippen LogP contribution in [0.1, 0.15) is 45.4 Å². The Kier molecular flexibility index (Phi) is 3.71. The Labute approximate surface area is 119 Å². The second kappa shape index (κ2) is 5.35. The Morgan fingerprint density at radius 1 is 1.15 bits per heavy atom. The molecule has 5 heteroatoms. The van der Waals surface area contributed by atoms with Gasteiger partial charge in [0.1, 0.15) is 0 Å². The van der Waals surface area contributed by atoms with Gasteiger partial charge in [0.2, 0.25) is 5.91 Å². The van der Waals surface area contributed by atoms with Crippen LogP contribution >= 0.6 is 0 Å². The monoisotopic (exact) mass is 281 g/mol. The number of amides is 1. The molecule has 0 radical (unpaired) electrons. The van der Waals surface area contributed by atoms with Crippen LogP contribution in [0.3, 0.4) is 0 Å². The predicted molar refractivity (Wildman–Crippen MR) is 72.2 cm³/mol. The summed E-state index contributed by atoms with van der Waals surface area (Å²) < 4.78 is 5.71. The van der Waals surface area contributed by atoms with Gasteiger partial charge in [-0.1, -0.05) is 6.92 Å². The fraction of sp³-hybridized carbons (Fsp3) is 0.867. The standard InChI is InChI=1S/C15H23NO4/c1-2-9-5-3-4-8-16(9)14(17)12-10-6-7-11(20-10)13(12)15(18)19/h9-13H,2-8H2,1H3,(H,18,19)/t9-,10-,11-,12+,13-/m0/s1. The highest BCUT2D eigenvalue weighted by atomic mass is 16.5. The Morgan fingerprint density at radius 2 is 1.85 bits per heavy atom. The Morgan fingerprint density at radius 3 is 2.50 bits per heavy atom. The fourth-order valence-electron chi connectivity index (χ4n) is 4.21. The van der Waals surface area contributed by atoms with Crippen molar-refractivity contribution in [1.82, 2.24) is 4.90 Å². The number of carbonyl (C=O) groups excluding carboxylic acids is 1. The largest absolute Gasteiger partial charge is 0.481 e. The molecule has 1 amide bonds. The van der Waals surface area contributed by atoms with Gasteiger partial charge < -0.3 is 14.7 Å². The molecule has 1 N–H and O–H groups in total. The summed E-state index contributed by atoms with van der Waals surface area (Å²) in [5.41, 5.74) is 0. The van der Waals surface area contributed by atoms with Crippen molar-refractivity contribution < 1.29 is 19.4 Å². The van der Waals surface area contributed by atoms with Gasteiger partial charge in [0.05, 0.1) is 24.0 Å². The highest BCUT2D eigenvalue weighted by Gasteiger charge is 2.56. The van der Waals surface area contributed by atoms with Crippen molar-refractivity contribution in [2.45, 2.75) is 63.7 Å². The van der Waals surface area contributed by atoms with E-state index in [0.29, 0.717) is 0 Å². The molecule has 3 saturated heterocycles. The SMILES string of the molecule is CC[C@H]1CCCCN1C(=O)[C@H]1[C@@H](C(=O)O)[C@@H]2CC[C@@H]1O2. The molecule has 20 heavy (non-hydrogen) atoms. The summed E-state index contributed by atoms with van der Waals surface area (Å²) >= 11 is 0. The number of nitrogens with zero attached hydrogens (tertiary/aromatic N) is 1. The maximum Gasteiger partial charge on any atom is 0.310 e. The number of fused-ring (bicyclic) bond motifs is 2. The van der Waals surface area contributed by atoms with Gasteiger partial charge in [-0.2, -0.15) is 0 Å². The maximum atomic E-state index is 12.9. The van der Waals surface area contributed by atoms with Crippen molar-refractivity contribution in [3.8, 4) is 0 Å². The van der Waals surface area contributed by atoms with E-state index >= 15 is 0 Å². The van der Waals surface area contributed by atoms with Crippen LogP contribution in [0.5, 0.6) is 0 Å². The van der Waals surface area contributed by atoms with Crippen molar-refractivity contribution in [3.05, 3.63) is 0 Å². The first-order chi connectivity index (χ1) is 9.63. The number of piperidine rings is 1. The average Bonchev–Trinajstić information content (AvgIpc) is 3.06. The molecule has 3 aliphatic rings. The van der Waals surface area contributed by atoms with Gasteiger partial charge in [-0.3, -0.25) is 9.59 Å². The number of carboxylic acid groups (broad SMARTS) is 1. The number of hydrogen-bond donors (Lipinski definition) is 1. The minimum atomic E-state index is -0.874. The molecule has 5 nitrogen and oxygen atoms in total. The van der Waals surface area contributed by atoms with Gasteiger partial charge in [-0.25, -0.2) is 0 Å². The molecule has 0 unspecified atom stereocenters. The first-order valence-electron chi connectivity index (χ1n) is 7.82. The first kappa shape index (κ1) is 13.9. The van der Waals surface area contributed by atoms with Crippen LogP contribution in [-0.4, -0.2) is 46.7 Å². The Bertz CT molecular complexity index is 411. The molecule has 0 aromatic heterocycles. The van der Waals surface area contributed by atoms with E-state index in [1.165, 1.54) is 0 Å². The molecule has 0 aliphatic carbocycles. The van der Waals surface area contributed by atoms with Crippen LogP contribution in [0.15, 0.2) is 0 Å². The lowest BCUT2D eigenvalue weighted by molar-refractivity contribution is -0.152. The molecule has 5 atom stereocenters. The van der Waals surface area contributed by atoms with Crippen LogP contribution < -0.4 is 0 Å².